The number of hydrogen-bond acceptors (Lipinski definition) is 5. The Hall–Kier alpha value is -2.01. The third-order valence-electron chi connectivity index (χ3n) is 4.53. The highest BCUT2D eigenvalue weighted by Crippen LogP contribution is 2.44. The van der Waals surface area contributed by atoms with Crippen LogP contribution in [0.25, 0.3) is 0 Å². The summed E-state index contributed by atoms with van der Waals surface area (Å²) in [6.07, 6.45) is 3.64. The molecule has 1 fully saturated rings. The fraction of sp³-hybridized carbons (Fsp3) is 0.444. The van der Waals surface area contributed by atoms with E-state index in [9.17, 15) is 9.59 Å². The molecule has 1 aliphatic heterocycles. The summed E-state index contributed by atoms with van der Waals surface area (Å²) in [5.74, 6) is -1.28. The van der Waals surface area contributed by atoms with Gasteiger partial charge in [0, 0.05) is 29.9 Å². The summed E-state index contributed by atoms with van der Waals surface area (Å²) in [5, 5.41) is 0.303. The van der Waals surface area contributed by atoms with E-state index in [1.54, 1.807) is 26.1 Å². The normalized spacial score (nSPS) is 23.6. The molecule has 0 radical (unpaired) electrons. The third-order valence-corrected chi connectivity index (χ3v) is 4.84. The zero-order chi connectivity index (χ0) is 17.3. The van der Waals surface area contributed by atoms with Crippen LogP contribution < -0.4 is 0 Å². The number of hydrogen-bond donors (Lipinski definition) is 0. The number of ketones is 1. The number of aromatic nitrogens is 1. The molecule has 6 heteroatoms. The molecule has 126 valence electrons. The molecule has 2 atom stereocenters. The Kier molecular flexibility index (Phi) is 4.81. The van der Waals surface area contributed by atoms with E-state index in [4.69, 9.17) is 16.3 Å². The number of carbonyl (C=O) groups is 2. The van der Waals surface area contributed by atoms with Crippen LogP contribution in [-0.2, 0) is 14.3 Å². The highest BCUT2D eigenvalue weighted by atomic mass is 35.5. The highest BCUT2D eigenvalue weighted by molar-refractivity contribution is 6.30. The van der Waals surface area contributed by atoms with E-state index < -0.39 is 17.8 Å². The average molecular weight is 347 g/mol. The number of rotatable bonds is 3. The van der Waals surface area contributed by atoms with Gasteiger partial charge in [0.25, 0.3) is 0 Å². The van der Waals surface area contributed by atoms with Gasteiger partial charge in [-0.15, -0.1) is 0 Å². The van der Waals surface area contributed by atoms with Crippen LogP contribution >= 0.6 is 11.6 Å². The number of allylic oxidation sites excluding steroid dienone is 1. The molecule has 2 aliphatic rings. The standard InChI is InChI=1S/C18H19ClN2O3/c1-3-24-18(23)14-10(2)21-12-7-4-8-13(22)16(12)15(14)11-6-5-9-20-17(11)19/h5-6,9,15-16H,3-4,7-8H2,1-2H3. The first kappa shape index (κ1) is 16.8. The van der Waals surface area contributed by atoms with Gasteiger partial charge in [0.05, 0.1) is 18.1 Å². The zero-order valence-corrected chi connectivity index (χ0v) is 14.5. The third kappa shape index (κ3) is 2.88. The number of Topliss-reactive ketones (excluding diaryl/α,β-unsaturated/α-hetero) is 1. The van der Waals surface area contributed by atoms with Gasteiger partial charge in [0.2, 0.25) is 0 Å². The van der Waals surface area contributed by atoms with Crippen molar-refractivity contribution in [3.05, 3.63) is 40.3 Å². The van der Waals surface area contributed by atoms with Gasteiger partial charge in [-0.1, -0.05) is 17.7 Å². The van der Waals surface area contributed by atoms with Crippen molar-refractivity contribution in [2.45, 2.75) is 39.0 Å². The second-order valence-corrected chi connectivity index (χ2v) is 6.34. The van der Waals surface area contributed by atoms with Gasteiger partial charge in [0.1, 0.15) is 10.9 Å². The first-order chi connectivity index (χ1) is 11.5. The summed E-state index contributed by atoms with van der Waals surface area (Å²) in [7, 11) is 0. The average Bonchev–Trinajstić information content (AvgIpc) is 2.54. The van der Waals surface area contributed by atoms with Crippen molar-refractivity contribution in [3.8, 4) is 0 Å². The summed E-state index contributed by atoms with van der Waals surface area (Å²) in [6.45, 7) is 3.80. The van der Waals surface area contributed by atoms with Crippen LogP contribution in [0.5, 0.6) is 0 Å². The fourth-order valence-electron chi connectivity index (χ4n) is 3.56. The lowest BCUT2D eigenvalue weighted by molar-refractivity contribution is -0.139. The van der Waals surface area contributed by atoms with Crippen LogP contribution in [0, 0.1) is 5.92 Å². The van der Waals surface area contributed by atoms with E-state index >= 15 is 0 Å². The van der Waals surface area contributed by atoms with Crippen molar-refractivity contribution in [1.82, 2.24) is 4.98 Å². The first-order valence-corrected chi connectivity index (χ1v) is 8.50. The van der Waals surface area contributed by atoms with Gasteiger partial charge in [0.15, 0.2) is 0 Å². The SMILES string of the molecule is CCOC(=O)C1=C(C)N=C2CCCC(=O)C2C1c1cccnc1Cl. The summed E-state index contributed by atoms with van der Waals surface area (Å²) in [6, 6.07) is 3.58. The molecule has 1 aromatic heterocycles. The maximum Gasteiger partial charge on any atom is 0.336 e. The number of nitrogens with zero attached hydrogens (tertiary/aromatic N) is 2. The van der Waals surface area contributed by atoms with Crippen LogP contribution in [0.4, 0.5) is 0 Å². The molecule has 1 aromatic rings. The van der Waals surface area contributed by atoms with Crippen molar-refractivity contribution in [3.63, 3.8) is 0 Å². The number of carbonyl (C=O) groups excluding carboxylic acids is 2. The number of aliphatic imine (C=N–C) groups is 1. The monoisotopic (exact) mass is 346 g/mol. The van der Waals surface area contributed by atoms with E-state index in [0.29, 0.717) is 28.4 Å². The molecule has 1 saturated carbocycles. The molecule has 1 aliphatic carbocycles. The maximum absolute atomic E-state index is 12.6. The van der Waals surface area contributed by atoms with Crippen LogP contribution in [0.2, 0.25) is 5.15 Å². The Morgan fingerprint density at radius 1 is 1.38 bits per heavy atom. The largest absolute Gasteiger partial charge is 0.463 e. The van der Waals surface area contributed by atoms with Gasteiger partial charge < -0.3 is 4.74 Å². The maximum atomic E-state index is 12.6. The fourth-order valence-corrected chi connectivity index (χ4v) is 3.80. The van der Waals surface area contributed by atoms with E-state index in [1.165, 1.54) is 0 Å². The van der Waals surface area contributed by atoms with Gasteiger partial charge in [-0.2, -0.15) is 0 Å². The Bertz CT molecular complexity index is 754. The number of esters is 1. The topological polar surface area (TPSA) is 68.6 Å². The predicted molar refractivity (Wildman–Crippen MR) is 91.1 cm³/mol. The van der Waals surface area contributed by atoms with Crippen LogP contribution in [0.3, 0.4) is 0 Å². The van der Waals surface area contributed by atoms with Crippen molar-refractivity contribution < 1.29 is 14.3 Å². The predicted octanol–water partition coefficient (Wildman–Crippen LogP) is 3.48. The molecular weight excluding hydrogens is 328 g/mol. The number of halogens is 1. The molecule has 0 amide bonds. The van der Waals surface area contributed by atoms with Crippen molar-refractivity contribution in [2.24, 2.45) is 10.9 Å². The van der Waals surface area contributed by atoms with Crippen LogP contribution in [0.1, 0.15) is 44.6 Å². The van der Waals surface area contributed by atoms with Crippen molar-refractivity contribution in [1.29, 1.82) is 0 Å². The smallest absolute Gasteiger partial charge is 0.336 e. The van der Waals surface area contributed by atoms with E-state index in [2.05, 4.69) is 9.98 Å². The molecule has 0 bridgehead atoms. The molecule has 24 heavy (non-hydrogen) atoms. The highest BCUT2D eigenvalue weighted by Gasteiger charge is 2.44. The molecule has 3 rings (SSSR count). The molecule has 0 N–H and O–H groups in total. The molecule has 2 heterocycles. The van der Waals surface area contributed by atoms with Gasteiger partial charge in [-0.3, -0.25) is 9.79 Å². The minimum Gasteiger partial charge on any atom is -0.463 e. The first-order valence-electron chi connectivity index (χ1n) is 8.13. The lowest BCUT2D eigenvalue weighted by atomic mass is 9.70. The summed E-state index contributed by atoms with van der Waals surface area (Å²) in [4.78, 5) is 33.9. The Labute approximate surface area is 145 Å². The minimum atomic E-state index is -0.481. The van der Waals surface area contributed by atoms with E-state index in [-0.39, 0.29) is 12.4 Å². The molecule has 0 aromatic carbocycles. The van der Waals surface area contributed by atoms with Crippen LogP contribution in [-0.4, -0.2) is 29.1 Å². The molecule has 5 nitrogen and oxygen atoms in total. The minimum absolute atomic E-state index is 0.0965. The quantitative estimate of drug-likeness (QED) is 0.620. The van der Waals surface area contributed by atoms with E-state index in [0.717, 1.165) is 18.6 Å². The lowest BCUT2D eigenvalue weighted by Gasteiger charge is -2.35. The molecule has 2 unspecified atom stereocenters. The Balaban J connectivity index is 2.18. The van der Waals surface area contributed by atoms with Gasteiger partial charge in [-0.05, 0) is 38.3 Å². The second kappa shape index (κ2) is 6.85. The van der Waals surface area contributed by atoms with Gasteiger partial charge in [-0.25, -0.2) is 9.78 Å². The number of pyridine rings is 1. The van der Waals surface area contributed by atoms with Gasteiger partial charge >= 0.3 is 5.97 Å². The lowest BCUT2D eigenvalue weighted by Crippen LogP contribution is -2.39. The molecular formula is C18H19ClN2O3. The van der Waals surface area contributed by atoms with Crippen LogP contribution in [0.15, 0.2) is 34.6 Å². The molecule has 0 spiro atoms. The summed E-state index contributed by atoms with van der Waals surface area (Å²) in [5.41, 5.74) is 2.52. The zero-order valence-electron chi connectivity index (χ0n) is 13.7. The number of fused-ring (bicyclic) bond motifs is 1. The van der Waals surface area contributed by atoms with E-state index in [1.807, 2.05) is 6.07 Å². The van der Waals surface area contributed by atoms with Crippen molar-refractivity contribution >= 4 is 29.1 Å². The summed E-state index contributed by atoms with van der Waals surface area (Å²) < 4.78 is 5.22. The Morgan fingerprint density at radius 3 is 2.88 bits per heavy atom. The Morgan fingerprint density at radius 2 is 2.17 bits per heavy atom. The molecule has 0 saturated heterocycles. The number of ether oxygens (including phenoxy) is 1. The van der Waals surface area contributed by atoms with Crippen molar-refractivity contribution in [2.75, 3.05) is 6.61 Å². The second-order valence-electron chi connectivity index (χ2n) is 5.98. The summed E-state index contributed by atoms with van der Waals surface area (Å²) >= 11 is 6.29.